The number of aromatic amines is 1. The Labute approximate surface area is 167 Å². The fourth-order valence-electron chi connectivity index (χ4n) is 2.68. The molecule has 0 amide bonds. The number of phenolic OH excluding ortho intramolecular Hbond substituents is 1. The number of anilines is 1. The number of nitrogens with zero attached hydrogens (tertiary/aromatic N) is 3. The van der Waals surface area contributed by atoms with Crippen molar-refractivity contribution in [2.45, 2.75) is 19.4 Å². The van der Waals surface area contributed by atoms with Crippen LogP contribution in [0.3, 0.4) is 0 Å². The van der Waals surface area contributed by atoms with Gasteiger partial charge in [-0.05, 0) is 24.3 Å². The van der Waals surface area contributed by atoms with Gasteiger partial charge in [-0.15, -0.1) is 0 Å². The molecule has 3 rings (SSSR count). The van der Waals surface area contributed by atoms with Gasteiger partial charge in [-0.1, -0.05) is 31.7 Å². The summed E-state index contributed by atoms with van der Waals surface area (Å²) in [5.74, 6) is 1.65. The molecule has 0 saturated carbocycles. The minimum absolute atomic E-state index is 0.0895. The molecule has 0 bridgehead atoms. The molecule has 0 fully saturated rings. The highest BCUT2D eigenvalue weighted by molar-refractivity contribution is 5.48. The molecule has 2 heterocycles. The Morgan fingerprint density at radius 1 is 1.41 bits per heavy atom. The van der Waals surface area contributed by atoms with E-state index in [4.69, 9.17) is 4.74 Å². The van der Waals surface area contributed by atoms with E-state index in [1.54, 1.807) is 37.5 Å². The van der Waals surface area contributed by atoms with Gasteiger partial charge in [0.15, 0.2) is 0 Å². The van der Waals surface area contributed by atoms with Gasteiger partial charge in [0, 0.05) is 23.7 Å². The summed E-state index contributed by atoms with van der Waals surface area (Å²) in [5, 5.41) is 15.6. The summed E-state index contributed by atoms with van der Waals surface area (Å²) >= 11 is 0. The molecule has 1 atom stereocenters. The first-order chi connectivity index (χ1) is 14.0. The molecule has 0 aliphatic heterocycles. The van der Waals surface area contributed by atoms with Gasteiger partial charge in [0.05, 0.1) is 19.3 Å². The van der Waals surface area contributed by atoms with E-state index < -0.39 is 0 Å². The van der Waals surface area contributed by atoms with Gasteiger partial charge in [-0.2, -0.15) is 9.50 Å². The number of nitrogens with one attached hydrogen (secondary N) is 2. The van der Waals surface area contributed by atoms with Crippen LogP contribution < -0.4 is 10.9 Å². The minimum Gasteiger partial charge on any atom is -0.508 e. The molecule has 2 aromatic heterocycles. The molecule has 0 saturated heterocycles. The van der Waals surface area contributed by atoms with Crippen LogP contribution in [0.2, 0.25) is 0 Å². The van der Waals surface area contributed by atoms with E-state index in [0.29, 0.717) is 29.6 Å². The molecule has 3 aromatic rings. The first-order valence-electron chi connectivity index (χ1n) is 9.06. The van der Waals surface area contributed by atoms with Crippen molar-refractivity contribution in [3.8, 4) is 5.75 Å². The zero-order chi connectivity index (χ0) is 20.8. The van der Waals surface area contributed by atoms with E-state index in [-0.39, 0.29) is 17.2 Å². The highest BCUT2D eigenvalue weighted by Crippen LogP contribution is 2.16. The molecule has 8 nitrogen and oxygen atoms in total. The fraction of sp³-hybridized carbons (Fsp3) is 0.190. The maximum Gasteiger partial charge on any atom is 0.274 e. The van der Waals surface area contributed by atoms with Gasteiger partial charge in [-0.3, -0.25) is 9.89 Å². The van der Waals surface area contributed by atoms with Crippen LogP contribution in [0.1, 0.15) is 24.4 Å². The zero-order valence-corrected chi connectivity index (χ0v) is 16.3. The number of hydrogen-bond donors (Lipinski definition) is 3. The van der Waals surface area contributed by atoms with Crippen LogP contribution in [0.25, 0.3) is 5.78 Å². The third-order valence-corrected chi connectivity index (χ3v) is 4.22. The predicted molar refractivity (Wildman–Crippen MR) is 112 cm³/mol. The van der Waals surface area contributed by atoms with Crippen molar-refractivity contribution in [1.29, 1.82) is 0 Å². The lowest BCUT2D eigenvalue weighted by Crippen LogP contribution is -2.17. The molecule has 0 aliphatic rings. The van der Waals surface area contributed by atoms with E-state index >= 15 is 0 Å². The summed E-state index contributed by atoms with van der Waals surface area (Å²) in [5.41, 5.74) is 1.03. The van der Waals surface area contributed by atoms with Gasteiger partial charge >= 0.3 is 0 Å². The van der Waals surface area contributed by atoms with Crippen molar-refractivity contribution in [3.63, 3.8) is 0 Å². The second-order valence-electron chi connectivity index (χ2n) is 6.39. The summed E-state index contributed by atoms with van der Waals surface area (Å²) in [7, 11) is 1.58. The van der Waals surface area contributed by atoms with Crippen molar-refractivity contribution in [1.82, 2.24) is 19.6 Å². The molecule has 8 heteroatoms. The van der Waals surface area contributed by atoms with Crippen molar-refractivity contribution in [2.75, 3.05) is 12.4 Å². The van der Waals surface area contributed by atoms with Gasteiger partial charge in [0.25, 0.3) is 11.3 Å². The fourth-order valence-corrected chi connectivity index (χ4v) is 2.68. The van der Waals surface area contributed by atoms with Crippen LogP contribution in [-0.4, -0.2) is 31.8 Å². The summed E-state index contributed by atoms with van der Waals surface area (Å²) in [6.07, 6.45) is 7.12. The van der Waals surface area contributed by atoms with Crippen LogP contribution in [0.5, 0.6) is 5.75 Å². The average molecular weight is 393 g/mol. The Kier molecular flexibility index (Phi) is 6.13. The number of allylic oxidation sites excluding steroid dienone is 4. The quantitative estimate of drug-likeness (QED) is 0.401. The summed E-state index contributed by atoms with van der Waals surface area (Å²) < 4.78 is 6.54. The number of benzene rings is 1. The second-order valence-corrected chi connectivity index (χ2v) is 6.39. The molecule has 3 N–H and O–H groups in total. The molecule has 0 spiro atoms. The van der Waals surface area contributed by atoms with Crippen LogP contribution in [0.4, 0.5) is 5.69 Å². The number of methoxy groups -OCH3 is 1. The lowest BCUT2D eigenvalue weighted by molar-refractivity contribution is 0.306. The summed E-state index contributed by atoms with van der Waals surface area (Å²) in [4.78, 5) is 21.3. The maximum atomic E-state index is 12.4. The number of aromatic hydroxyl groups is 1. The molecular weight excluding hydrogens is 370 g/mol. The minimum atomic E-state index is -0.248. The molecule has 1 unspecified atom stereocenters. The average Bonchev–Trinajstić information content (AvgIpc) is 3.14. The highest BCUT2D eigenvalue weighted by Gasteiger charge is 2.12. The van der Waals surface area contributed by atoms with Gasteiger partial charge in [0.2, 0.25) is 0 Å². The first kappa shape index (κ1) is 19.9. The summed E-state index contributed by atoms with van der Waals surface area (Å²) in [6.45, 7) is 5.93. The number of phenols is 1. The van der Waals surface area contributed by atoms with Crippen LogP contribution >= 0.6 is 0 Å². The van der Waals surface area contributed by atoms with Crippen LogP contribution in [0.15, 0.2) is 71.8 Å². The Morgan fingerprint density at radius 3 is 2.97 bits per heavy atom. The molecule has 1 aromatic carbocycles. The zero-order valence-electron chi connectivity index (χ0n) is 16.3. The monoisotopic (exact) mass is 393 g/mol. The largest absolute Gasteiger partial charge is 0.508 e. The Balaban J connectivity index is 1.80. The number of aromatic nitrogens is 4. The van der Waals surface area contributed by atoms with Crippen molar-refractivity contribution in [3.05, 3.63) is 88.8 Å². The van der Waals surface area contributed by atoms with Crippen molar-refractivity contribution >= 4 is 11.5 Å². The number of rotatable bonds is 8. The lowest BCUT2D eigenvalue weighted by atomic mass is 10.1. The lowest BCUT2D eigenvalue weighted by Gasteiger charge is -2.05. The van der Waals surface area contributed by atoms with E-state index in [1.165, 1.54) is 10.6 Å². The Hall–Kier alpha value is -3.81. The third kappa shape index (κ3) is 4.92. The molecule has 150 valence electrons. The number of hydrogen-bond acceptors (Lipinski definition) is 6. The standard InChI is InChI=1S/C21H23N5O3/c1-4-6-18(29-3)10-9-14(2)20-24-21-23-16(12-19(28)26(21)25-20)13-22-15-7-5-8-17(27)11-15/h4-12,14,22,27H,1,13H2,2-3H3,(H,23,24,25)/b10-9-,18-6+. The highest BCUT2D eigenvalue weighted by atomic mass is 16.5. The van der Waals surface area contributed by atoms with Crippen molar-refractivity contribution in [2.24, 2.45) is 0 Å². The first-order valence-corrected chi connectivity index (χ1v) is 9.06. The topological polar surface area (TPSA) is 105 Å². The van der Waals surface area contributed by atoms with E-state index in [9.17, 15) is 9.90 Å². The number of fused-ring (bicyclic) bond motifs is 1. The smallest absolute Gasteiger partial charge is 0.274 e. The number of ether oxygens (including phenoxy) is 1. The molecule has 0 aliphatic carbocycles. The third-order valence-electron chi connectivity index (χ3n) is 4.22. The van der Waals surface area contributed by atoms with Gasteiger partial charge in [-0.25, -0.2) is 4.98 Å². The Morgan fingerprint density at radius 2 is 2.24 bits per heavy atom. The second kappa shape index (κ2) is 8.92. The van der Waals surface area contributed by atoms with E-state index in [1.807, 2.05) is 25.1 Å². The van der Waals surface area contributed by atoms with Crippen LogP contribution in [-0.2, 0) is 11.3 Å². The van der Waals surface area contributed by atoms with Gasteiger partial charge in [0.1, 0.15) is 17.3 Å². The van der Waals surface area contributed by atoms with Crippen molar-refractivity contribution < 1.29 is 9.84 Å². The molecular formula is C21H23N5O3. The van der Waals surface area contributed by atoms with Crippen LogP contribution in [0, 0.1) is 0 Å². The molecule has 29 heavy (non-hydrogen) atoms. The predicted octanol–water partition coefficient (Wildman–Crippen LogP) is 3.11. The SMILES string of the molecule is C=C/C=C(\C=C/C(C)c1nc2nc(CNc3cccc(O)c3)cc(=O)n2[nH]1)OC. The van der Waals surface area contributed by atoms with E-state index in [2.05, 4.69) is 27.0 Å². The normalized spacial score (nSPS) is 13.0. The van der Waals surface area contributed by atoms with E-state index in [0.717, 1.165) is 5.69 Å². The molecule has 0 radical (unpaired) electrons. The Bertz CT molecular complexity index is 1130. The summed E-state index contributed by atoms with van der Waals surface area (Å²) in [6, 6.07) is 8.19. The number of H-pyrrole nitrogens is 1. The van der Waals surface area contributed by atoms with Gasteiger partial charge < -0.3 is 15.2 Å². The maximum absolute atomic E-state index is 12.4.